The Kier molecular flexibility index (Phi) is 6.70. The van der Waals surface area contributed by atoms with Gasteiger partial charge < -0.3 is 20.8 Å². The zero-order valence-electron chi connectivity index (χ0n) is 14.4. The van der Waals surface area contributed by atoms with Crippen molar-refractivity contribution in [2.24, 2.45) is 11.7 Å². The number of amides is 1. The summed E-state index contributed by atoms with van der Waals surface area (Å²) in [4.78, 5) is 39.8. The van der Waals surface area contributed by atoms with E-state index in [-0.39, 0.29) is 18.8 Å². The first-order valence-corrected chi connectivity index (χ1v) is 8.62. The molecule has 1 aromatic carbocycles. The Morgan fingerprint density at radius 1 is 1.23 bits per heavy atom. The van der Waals surface area contributed by atoms with E-state index in [4.69, 9.17) is 15.7 Å². The van der Waals surface area contributed by atoms with Gasteiger partial charge >= 0.3 is 11.9 Å². The van der Waals surface area contributed by atoms with Crippen LogP contribution < -0.4 is 11.2 Å². The third-order valence-corrected chi connectivity index (χ3v) is 4.73. The van der Waals surface area contributed by atoms with Gasteiger partial charge in [0.1, 0.15) is 6.04 Å². The summed E-state index contributed by atoms with van der Waals surface area (Å²) in [6, 6.07) is 7.33. The monoisotopic (exact) mass is 364 g/mol. The molecule has 1 aromatic rings. The molecular formula is C18H24N2O6. The van der Waals surface area contributed by atoms with Crippen molar-refractivity contribution in [3.05, 3.63) is 35.9 Å². The van der Waals surface area contributed by atoms with Gasteiger partial charge in [-0.2, -0.15) is 5.48 Å². The highest BCUT2D eigenvalue weighted by Gasteiger charge is 2.48. The lowest BCUT2D eigenvalue weighted by atomic mass is 9.80. The van der Waals surface area contributed by atoms with Crippen molar-refractivity contribution in [1.29, 1.82) is 0 Å². The molecule has 0 aliphatic heterocycles. The van der Waals surface area contributed by atoms with Crippen LogP contribution in [0.4, 0.5) is 0 Å². The lowest BCUT2D eigenvalue weighted by Crippen LogP contribution is -2.46. The van der Waals surface area contributed by atoms with Gasteiger partial charge in [-0.05, 0) is 24.8 Å². The van der Waals surface area contributed by atoms with Crippen molar-refractivity contribution in [3.8, 4) is 0 Å². The predicted octanol–water partition coefficient (Wildman–Crippen LogP) is 0.831. The molecule has 5 N–H and O–H groups in total. The Bertz CT molecular complexity index is 644. The van der Waals surface area contributed by atoms with E-state index in [2.05, 4.69) is 0 Å². The summed E-state index contributed by atoms with van der Waals surface area (Å²) in [5, 5.41) is 19.8. The third kappa shape index (κ3) is 4.59. The molecule has 1 aliphatic carbocycles. The van der Waals surface area contributed by atoms with E-state index < -0.39 is 29.5 Å². The number of carbonyl (C=O) groups excluding carboxylic acids is 2. The van der Waals surface area contributed by atoms with Gasteiger partial charge in [0.25, 0.3) is 5.91 Å². The van der Waals surface area contributed by atoms with Crippen LogP contribution in [0.1, 0.15) is 44.1 Å². The summed E-state index contributed by atoms with van der Waals surface area (Å²) in [5.74, 6) is -3.15. The number of carbonyl (C=O) groups is 3. The SMILES string of the molecule is NC(CCC(=O)NOC(=O)C(O)(c1ccccc1)C1CCCC1)C(=O)O. The number of aliphatic carboxylic acids is 1. The molecule has 0 radical (unpaired) electrons. The van der Waals surface area contributed by atoms with Crippen LogP contribution in [-0.4, -0.2) is 34.1 Å². The first-order chi connectivity index (χ1) is 12.4. The average molecular weight is 364 g/mol. The summed E-state index contributed by atoms with van der Waals surface area (Å²) >= 11 is 0. The second-order valence-electron chi connectivity index (χ2n) is 6.51. The molecule has 8 heteroatoms. The van der Waals surface area contributed by atoms with Gasteiger partial charge in [0.15, 0.2) is 5.60 Å². The largest absolute Gasteiger partial charge is 0.480 e. The minimum atomic E-state index is -1.84. The number of nitrogens with one attached hydrogen (secondary N) is 1. The van der Waals surface area contributed by atoms with Crippen LogP contribution in [0.5, 0.6) is 0 Å². The molecule has 26 heavy (non-hydrogen) atoms. The minimum Gasteiger partial charge on any atom is -0.480 e. The molecule has 0 heterocycles. The molecule has 2 unspecified atom stereocenters. The van der Waals surface area contributed by atoms with Gasteiger partial charge in [0.2, 0.25) is 0 Å². The number of hydrogen-bond acceptors (Lipinski definition) is 6. The standard InChI is InChI=1S/C18H24N2O6/c19-14(16(22)23)10-11-15(21)20-26-17(24)18(25,13-8-4-5-9-13)12-6-2-1-3-7-12/h1-3,6-7,13-14,25H,4-5,8-11,19H2,(H,20,21)(H,22,23). The molecule has 1 amide bonds. The Labute approximate surface area is 151 Å². The molecule has 8 nitrogen and oxygen atoms in total. The first-order valence-electron chi connectivity index (χ1n) is 8.62. The van der Waals surface area contributed by atoms with E-state index in [1.54, 1.807) is 30.3 Å². The van der Waals surface area contributed by atoms with E-state index in [0.717, 1.165) is 12.8 Å². The number of rotatable bonds is 7. The maximum Gasteiger partial charge on any atom is 0.368 e. The Morgan fingerprint density at radius 3 is 2.42 bits per heavy atom. The third-order valence-electron chi connectivity index (χ3n) is 4.73. The number of benzene rings is 1. The van der Waals surface area contributed by atoms with Crippen molar-refractivity contribution in [2.45, 2.75) is 50.2 Å². The fourth-order valence-corrected chi connectivity index (χ4v) is 3.20. The van der Waals surface area contributed by atoms with Gasteiger partial charge in [-0.15, -0.1) is 0 Å². The van der Waals surface area contributed by atoms with Crippen molar-refractivity contribution < 1.29 is 29.4 Å². The summed E-state index contributed by atoms with van der Waals surface area (Å²) in [6.07, 6.45) is 2.88. The van der Waals surface area contributed by atoms with Crippen molar-refractivity contribution in [2.75, 3.05) is 0 Å². The number of carboxylic acid groups (broad SMARTS) is 1. The van der Waals surface area contributed by atoms with Crippen molar-refractivity contribution in [3.63, 3.8) is 0 Å². The van der Waals surface area contributed by atoms with E-state index >= 15 is 0 Å². The summed E-state index contributed by atoms with van der Waals surface area (Å²) in [5.41, 5.74) is 5.87. The van der Waals surface area contributed by atoms with Crippen LogP contribution in [0, 0.1) is 5.92 Å². The predicted molar refractivity (Wildman–Crippen MR) is 91.4 cm³/mol. The first kappa shape index (κ1) is 19.9. The summed E-state index contributed by atoms with van der Waals surface area (Å²) in [7, 11) is 0. The molecular weight excluding hydrogens is 340 g/mol. The molecule has 0 spiro atoms. The van der Waals surface area contributed by atoms with Gasteiger partial charge in [-0.25, -0.2) is 4.79 Å². The molecule has 1 saturated carbocycles. The Morgan fingerprint density at radius 2 is 1.85 bits per heavy atom. The average Bonchev–Trinajstić information content (AvgIpc) is 3.19. The Balaban J connectivity index is 2.01. The molecule has 0 aromatic heterocycles. The summed E-state index contributed by atoms with van der Waals surface area (Å²) < 4.78 is 0. The number of hydrogen-bond donors (Lipinski definition) is 4. The van der Waals surface area contributed by atoms with Crippen molar-refractivity contribution >= 4 is 17.8 Å². The van der Waals surface area contributed by atoms with Gasteiger partial charge in [-0.1, -0.05) is 43.2 Å². The highest BCUT2D eigenvalue weighted by Crippen LogP contribution is 2.41. The smallest absolute Gasteiger partial charge is 0.368 e. The molecule has 0 bridgehead atoms. The number of carboxylic acids is 1. The maximum atomic E-state index is 12.6. The summed E-state index contributed by atoms with van der Waals surface area (Å²) in [6.45, 7) is 0. The van der Waals surface area contributed by atoms with Gasteiger partial charge in [0.05, 0.1) is 0 Å². The highest BCUT2D eigenvalue weighted by atomic mass is 16.7. The zero-order chi connectivity index (χ0) is 19.2. The van der Waals surface area contributed by atoms with E-state index in [1.165, 1.54) is 0 Å². The number of nitrogens with two attached hydrogens (primary N) is 1. The second-order valence-corrected chi connectivity index (χ2v) is 6.51. The second kappa shape index (κ2) is 8.77. The van der Waals surface area contributed by atoms with Crippen LogP contribution in [0.3, 0.4) is 0 Å². The molecule has 2 atom stereocenters. The molecule has 2 rings (SSSR count). The topological polar surface area (TPSA) is 139 Å². The fourth-order valence-electron chi connectivity index (χ4n) is 3.20. The normalized spacial score (nSPS) is 17.9. The van der Waals surface area contributed by atoms with Crippen molar-refractivity contribution in [1.82, 2.24) is 5.48 Å². The Hall–Kier alpha value is -2.45. The van der Waals surface area contributed by atoms with Gasteiger partial charge in [0, 0.05) is 12.3 Å². The minimum absolute atomic E-state index is 0.0930. The lowest BCUT2D eigenvalue weighted by molar-refractivity contribution is -0.184. The fraction of sp³-hybridized carbons (Fsp3) is 0.500. The number of hydroxylamine groups is 1. The van der Waals surface area contributed by atoms with Crippen LogP contribution in [0.2, 0.25) is 0 Å². The van der Waals surface area contributed by atoms with Crippen LogP contribution in [0.25, 0.3) is 0 Å². The van der Waals surface area contributed by atoms with Crippen LogP contribution >= 0.6 is 0 Å². The van der Waals surface area contributed by atoms with Gasteiger partial charge in [-0.3, -0.25) is 9.59 Å². The quantitative estimate of drug-likeness (QED) is 0.526. The van der Waals surface area contributed by atoms with Crippen LogP contribution in [-0.2, 0) is 24.8 Å². The molecule has 1 fully saturated rings. The number of aliphatic hydroxyl groups is 1. The molecule has 0 saturated heterocycles. The zero-order valence-corrected chi connectivity index (χ0v) is 14.4. The lowest BCUT2D eigenvalue weighted by Gasteiger charge is -2.31. The van der Waals surface area contributed by atoms with E-state index in [1.807, 2.05) is 5.48 Å². The van der Waals surface area contributed by atoms with E-state index in [9.17, 15) is 19.5 Å². The molecule has 1 aliphatic rings. The molecule has 142 valence electrons. The maximum absolute atomic E-state index is 12.6. The van der Waals surface area contributed by atoms with E-state index in [0.29, 0.717) is 18.4 Å². The highest BCUT2D eigenvalue weighted by molar-refractivity contribution is 5.84. The van der Waals surface area contributed by atoms with Crippen LogP contribution in [0.15, 0.2) is 30.3 Å².